The van der Waals surface area contributed by atoms with E-state index in [1.54, 1.807) is 0 Å². The van der Waals surface area contributed by atoms with Crippen LogP contribution in [0.2, 0.25) is 19.6 Å². The van der Waals surface area contributed by atoms with Gasteiger partial charge in [0.1, 0.15) is 0 Å². The molecule has 13 rings (SSSR count). The summed E-state index contributed by atoms with van der Waals surface area (Å²) in [6.45, 7) is 7.23. The van der Waals surface area contributed by atoms with E-state index < -0.39 is 8.07 Å². The lowest BCUT2D eigenvalue weighted by Crippen LogP contribution is -2.37. The van der Waals surface area contributed by atoms with E-state index >= 15 is 0 Å². The number of hydrogen-bond acceptors (Lipinski definition) is 1. The third-order valence-electron chi connectivity index (χ3n) is 13.6. The SMILES string of the molecule is C[Si](C)(C)c1ccc(-n2c3ccccc3c3ccc(-c4ccc5c6ccccc6n(-c6ccc(-c7nc8ccccc8c8c9ccccc9c9ccccc9c78)cc6)c5c4)cc32)cc1. The molecule has 0 N–H and O–H groups in total. The highest BCUT2D eigenvalue weighted by Crippen LogP contribution is 2.44. The Morgan fingerprint density at radius 2 is 0.734 bits per heavy atom. The van der Waals surface area contributed by atoms with Crippen LogP contribution >= 0.6 is 0 Å². The molecule has 302 valence electrons. The molecule has 0 fully saturated rings. The molecule has 3 aromatic heterocycles. The first-order chi connectivity index (χ1) is 31.4. The lowest BCUT2D eigenvalue weighted by atomic mass is 9.90. The van der Waals surface area contributed by atoms with Crippen LogP contribution in [0, 0.1) is 0 Å². The fraction of sp³-hybridized carbons (Fsp3) is 0.0500. The van der Waals surface area contributed by atoms with Gasteiger partial charge in [-0.05, 0) is 87.3 Å². The Morgan fingerprint density at radius 3 is 1.27 bits per heavy atom. The van der Waals surface area contributed by atoms with Crippen LogP contribution in [0.3, 0.4) is 0 Å². The highest BCUT2D eigenvalue weighted by molar-refractivity contribution is 6.88. The van der Waals surface area contributed by atoms with Gasteiger partial charge in [0, 0.05) is 54.6 Å². The average molecular weight is 834 g/mol. The van der Waals surface area contributed by atoms with Gasteiger partial charge in [-0.15, -0.1) is 0 Å². The van der Waals surface area contributed by atoms with Gasteiger partial charge in [0.15, 0.2) is 0 Å². The van der Waals surface area contributed by atoms with Crippen LogP contribution in [0.4, 0.5) is 0 Å². The Morgan fingerprint density at radius 1 is 0.328 bits per heavy atom. The van der Waals surface area contributed by atoms with Gasteiger partial charge in [-0.1, -0.05) is 176 Å². The predicted molar refractivity (Wildman–Crippen MR) is 277 cm³/mol. The number of rotatable bonds is 5. The Labute approximate surface area is 372 Å². The Kier molecular flexibility index (Phi) is 7.97. The minimum Gasteiger partial charge on any atom is -0.309 e. The maximum atomic E-state index is 5.44. The molecule has 3 heterocycles. The Bertz CT molecular complexity index is 4030. The largest absolute Gasteiger partial charge is 0.309 e. The van der Waals surface area contributed by atoms with Crippen molar-refractivity contribution in [2.24, 2.45) is 0 Å². The van der Waals surface area contributed by atoms with Gasteiger partial charge in [-0.3, -0.25) is 0 Å². The van der Waals surface area contributed by atoms with E-state index in [-0.39, 0.29) is 0 Å². The maximum absolute atomic E-state index is 5.44. The topological polar surface area (TPSA) is 22.8 Å². The number of aromatic nitrogens is 3. The molecular formula is C60H43N3Si. The highest BCUT2D eigenvalue weighted by atomic mass is 28.3. The minimum atomic E-state index is -1.44. The van der Waals surface area contributed by atoms with Gasteiger partial charge in [0.25, 0.3) is 0 Å². The monoisotopic (exact) mass is 833 g/mol. The van der Waals surface area contributed by atoms with Crippen LogP contribution in [0.5, 0.6) is 0 Å². The van der Waals surface area contributed by atoms with Crippen molar-refractivity contribution in [2.75, 3.05) is 0 Å². The summed E-state index contributed by atoms with van der Waals surface area (Å²) in [6, 6.07) is 76.2. The number of fused-ring (bicyclic) bond motifs is 14. The molecule has 0 spiro atoms. The zero-order valence-electron chi connectivity index (χ0n) is 36.0. The summed E-state index contributed by atoms with van der Waals surface area (Å²) in [6.07, 6.45) is 0. The summed E-state index contributed by atoms with van der Waals surface area (Å²) >= 11 is 0. The quantitative estimate of drug-likeness (QED) is 0.125. The van der Waals surface area contributed by atoms with Crippen LogP contribution < -0.4 is 5.19 Å². The molecule has 0 saturated heterocycles. The first kappa shape index (κ1) is 36.8. The molecule has 0 radical (unpaired) electrons. The first-order valence-corrected chi connectivity index (χ1v) is 25.8. The van der Waals surface area contributed by atoms with Gasteiger partial charge in [-0.2, -0.15) is 0 Å². The first-order valence-electron chi connectivity index (χ1n) is 22.3. The van der Waals surface area contributed by atoms with Crippen LogP contribution in [0.1, 0.15) is 0 Å². The third-order valence-corrected chi connectivity index (χ3v) is 15.7. The molecule has 0 atom stereocenters. The zero-order chi connectivity index (χ0) is 42.7. The summed E-state index contributed by atoms with van der Waals surface area (Å²) in [4.78, 5) is 5.44. The lowest BCUT2D eigenvalue weighted by Gasteiger charge is -2.17. The van der Waals surface area contributed by atoms with Crippen LogP contribution in [-0.4, -0.2) is 22.2 Å². The summed E-state index contributed by atoms with van der Waals surface area (Å²) in [5, 5.41) is 15.1. The van der Waals surface area contributed by atoms with E-state index in [4.69, 9.17) is 4.98 Å². The minimum absolute atomic E-state index is 1.00. The number of pyridine rings is 1. The Balaban J connectivity index is 0.981. The fourth-order valence-corrected chi connectivity index (χ4v) is 11.7. The van der Waals surface area contributed by atoms with Gasteiger partial charge in [0.2, 0.25) is 0 Å². The van der Waals surface area contributed by atoms with Crippen molar-refractivity contribution in [3.63, 3.8) is 0 Å². The molecule has 10 aromatic carbocycles. The summed E-state index contributed by atoms with van der Waals surface area (Å²) < 4.78 is 4.88. The number of para-hydroxylation sites is 3. The molecule has 0 aliphatic rings. The van der Waals surface area contributed by atoms with Crippen molar-refractivity contribution in [1.82, 2.24) is 14.1 Å². The van der Waals surface area contributed by atoms with Gasteiger partial charge in [-0.25, -0.2) is 4.98 Å². The third kappa shape index (κ3) is 5.49. The van der Waals surface area contributed by atoms with Crippen LogP contribution in [-0.2, 0) is 0 Å². The number of hydrogen-bond donors (Lipinski definition) is 0. The second kappa shape index (κ2) is 13.9. The van der Waals surface area contributed by atoms with Gasteiger partial charge < -0.3 is 9.13 Å². The second-order valence-electron chi connectivity index (χ2n) is 18.3. The molecule has 3 nitrogen and oxygen atoms in total. The van der Waals surface area contributed by atoms with E-state index in [1.165, 1.54) is 103 Å². The van der Waals surface area contributed by atoms with Gasteiger partial charge in [0.05, 0.1) is 41.4 Å². The molecule has 0 saturated carbocycles. The molecule has 64 heavy (non-hydrogen) atoms. The van der Waals surface area contributed by atoms with Crippen molar-refractivity contribution < 1.29 is 0 Å². The van der Waals surface area contributed by atoms with E-state index in [0.29, 0.717) is 0 Å². The lowest BCUT2D eigenvalue weighted by molar-refractivity contribution is 1.18. The molecule has 0 unspecified atom stereocenters. The van der Waals surface area contributed by atoms with E-state index in [2.05, 4.69) is 235 Å². The van der Waals surface area contributed by atoms with Crippen molar-refractivity contribution in [3.8, 4) is 33.8 Å². The molecule has 0 aliphatic heterocycles. The summed E-state index contributed by atoms with van der Waals surface area (Å²) in [5.74, 6) is 0. The standard InChI is InChI=1S/C60H43N3Si/c1-64(2,3)43-32-30-42(31-33-43)63-55-23-13-10-17-47(55)49-35-27-40(37-57(49)63)39-26-34-48-46-16-9-12-22-54(46)62(56(48)36-39)41-28-24-38(25-29-41)60-59-51-19-7-5-15-45(51)44-14-4-6-18-50(44)58(59)52-20-8-11-21-53(52)61-60/h4-37H,1-3H3. The van der Waals surface area contributed by atoms with Crippen LogP contribution in [0.15, 0.2) is 206 Å². The predicted octanol–water partition coefficient (Wildman–Crippen LogP) is 15.8. The van der Waals surface area contributed by atoms with E-state index in [1.807, 2.05) is 0 Å². The smallest absolute Gasteiger partial charge is 0.0794 e. The Hall–Kier alpha value is -7.79. The second-order valence-corrected chi connectivity index (χ2v) is 23.4. The molecule has 0 amide bonds. The van der Waals surface area contributed by atoms with Crippen molar-refractivity contribution in [2.45, 2.75) is 19.6 Å². The average Bonchev–Trinajstić information content (AvgIpc) is 3.85. The van der Waals surface area contributed by atoms with Crippen molar-refractivity contribution >= 4 is 100 Å². The number of nitrogens with zero attached hydrogens (tertiary/aromatic N) is 3. The highest BCUT2D eigenvalue weighted by Gasteiger charge is 2.21. The molecule has 0 bridgehead atoms. The molecule has 4 heteroatoms. The van der Waals surface area contributed by atoms with Crippen molar-refractivity contribution in [3.05, 3.63) is 206 Å². The summed E-state index contributed by atoms with van der Waals surface area (Å²) in [5.41, 5.74) is 12.6. The number of benzene rings is 10. The maximum Gasteiger partial charge on any atom is 0.0794 e. The summed E-state index contributed by atoms with van der Waals surface area (Å²) in [7, 11) is -1.44. The van der Waals surface area contributed by atoms with E-state index in [0.717, 1.165) is 22.5 Å². The zero-order valence-corrected chi connectivity index (χ0v) is 37.0. The fourth-order valence-electron chi connectivity index (χ4n) is 10.6. The molecular weight excluding hydrogens is 791 g/mol. The van der Waals surface area contributed by atoms with E-state index in [9.17, 15) is 0 Å². The van der Waals surface area contributed by atoms with Crippen molar-refractivity contribution in [1.29, 1.82) is 0 Å². The molecule has 0 aliphatic carbocycles. The van der Waals surface area contributed by atoms with Gasteiger partial charge >= 0.3 is 0 Å². The van der Waals surface area contributed by atoms with Crippen LogP contribution in [0.25, 0.3) is 121 Å². The molecule has 13 aromatic rings. The normalized spacial score (nSPS) is 12.3.